The molecule has 4 rings (SSSR count). The molecule has 150 valence electrons. The van der Waals surface area contributed by atoms with Gasteiger partial charge in [0.25, 0.3) is 5.91 Å². The molecule has 0 aliphatic heterocycles. The smallest absolute Gasteiger partial charge is 0.261 e. The lowest BCUT2D eigenvalue weighted by Gasteiger charge is -2.14. The van der Waals surface area contributed by atoms with E-state index in [-0.39, 0.29) is 11.0 Å². The van der Waals surface area contributed by atoms with Crippen LogP contribution in [0.5, 0.6) is 5.75 Å². The molecule has 4 aromatic rings. The molecule has 0 radical (unpaired) electrons. The van der Waals surface area contributed by atoms with Gasteiger partial charge >= 0.3 is 0 Å². The number of nitrogens with zero attached hydrogens (tertiary/aromatic N) is 1. The largest absolute Gasteiger partial charge is 0.497 e. The summed E-state index contributed by atoms with van der Waals surface area (Å²) in [7, 11) is 1.63. The van der Waals surface area contributed by atoms with Gasteiger partial charge in [-0.3, -0.25) is 9.59 Å². The molecule has 0 aliphatic rings. The second-order valence-electron chi connectivity index (χ2n) is 7.13. The molecule has 0 saturated heterocycles. The van der Waals surface area contributed by atoms with Crippen LogP contribution in [-0.4, -0.2) is 17.6 Å². The maximum absolute atomic E-state index is 13.0. The van der Waals surface area contributed by atoms with Gasteiger partial charge in [-0.05, 0) is 48.4 Å². The molecule has 0 atom stereocenters. The van der Waals surface area contributed by atoms with Crippen molar-refractivity contribution in [2.24, 2.45) is 0 Å². The zero-order valence-corrected chi connectivity index (χ0v) is 16.9. The lowest BCUT2D eigenvalue weighted by molar-refractivity contribution is 0.102. The second-order valence-corrected chi connectivity index (χ2v) is 7.13. The van der Waals surface area contributed by atoms with Gasteiger partial charge in [-0.2, -0.15) is 0 Å². The highest BCUT2D eigenvalue weighted by Gasteiger charge is 2.16. The number of anilines is 1. The number of ether oxygens (including phenoxy) is 1. The number of aromatic nitrogens is 1. The third-order valence-corrected chi connectivity index (χ3v) is 5.14. The molecule has 3 aromatic carbocycles. The first-order valence-electron chi connectivity index (χ1n) is 9.69. The quantitative estimate of drug-likeness (QED) is 0.534. The first-order valence-corrected chi connectivity index (χ1v) is 9.69. The van der Waals surface area contributed by atoms with E-state index in [0.29, 0.717) is 17.6 Å². The van der Waals surface area contributed by atoms with Crippen molar-refractivity contribution in [3.63, 3.8) is 0 Å². The maximum atomic E-state index is 13.0. The van der Waals surface area contributed by atoms with Crippen LogP contribution in [0.25, 0.3) is 10.9 Å². The van der Waals surface area contributed by atoms with Gasteiger partial charge in [0.1, 0.15) is 11.3 Å². The van der Waals surface area contributed by atoms with Gasteiger partial charge in [0.15, 0.2) is 0 Å². The number of hydrogen-bond acceptors (Lipinski definition) is 3. The number of aryl methyl sites for hydroxylation is 1. The van der Waals surface area contributed by atoms with Crippen LogP contribution in [0.4, 0.5) is 5.69 Å². The van der Waals surface area contributed by atoms with E-state index < -0.39 is 5.91 Å². The molecule has 1 N–H and O–H groups in total. The zero-order valence-electron chi connectivity index (χ0n) is 16.9. The van der Waals surface area contributed by atoms with Crippen LogP contribution in [0, 0.1) is 6.92 Å². The van der Waals surface area contributed by atoms with E-state index in [2.05, 4.69) is 5.32 Å². The molecule has 1 amide bonds. The van der Waals surface area contributed by atoms with E-state index in [1.165, 1.54) is 0 Å². The van der Waals surface area contributed by atoms with Crippen molar-refractivity contribution in [2.75, 3.05) is 12.4 Å². The fourth-order valence-corrected chi connectivity index (χ4v) is 3.47. The summed E-state index contributed by atoms with van der Waals surface area (Å²) in [6, 6.07) is 22.6. The van der Waals surface area contributed by atoms with Crippen molar-refractivity contribution < 1.29 is 9.53 Å². The summed E-state index contributed by atoms with van der Waals surface area (Å²) in [6.45, 7) is 2.44. The molecule has 1 heterocycles. The summed E-state index contributed by atoms with van der Waals surface area (Å²) in [5, 5.41) is 3.39. The number of methoxy groups -OCH3 is 1. The number of rotatable bonds is 5. The molecule has 0 saturated carbocycles. The Labute approximate surface area is 174 Å². The first-order chi connectivity index (χ1) is 14.6. The number of amides is 1. The van der Waals surface area contributed by atoms with Crippen molar-refractivity contribution in [1.29, 1.82) is 0 Å². The summed E-state index contributed by atoms with van der Waals surface area (Å²) < 4.78 is 7.16. The van der Waals surface area contributed by atoms with Crippen molar-refractivity contribution in [3.8, 4) is 5.75 Å². The minimum Gasteiger partial charge on any atom is -0.497 e. The van der Waals surface area contributed by atoms with E-state index in [1.54, 1.807) is 19.4 Å². The fourth-order valence-electron chi connectivity index (χ4n) is 3.47. The molecule has 0 bridgehead atoms. The number of carbonyl (C=O) groups is 1. The molecule has 0 aliphatic carbocycles. The lowest BCUT2D eigenvalue weighted by atomic mass is 10.1. The highest BCUT2D eigenvalue weighted by molar-refractivity contribution is 6.06. The van der Waals surface area contributed by atoms with E-state index in [9.17, 15) is 9.59 Å². The van der Waals surface area contributed by atoms with Gasteiger partial charge in [0, 0.05) is 23.8 Å². The monoisotopic (exact) mass is 398 g/mol. The minimum absolute atomic E-state index is 0.116. The number of fused-ring (bicyclic) bond motifs is 1. The van der Waals surface area contributed by atoms with Crippen LogP contribution in [0.1, 0.15) is 21.5 Å². The summed E-state index contributed by atoms with van der Waals surface area (Å²) in [6.07, 6.45) is 1.64. The summed E-state index contributed by atoms with van der Waals surface area (Å²) in [5.74, 6) is 0.366. The Morgan fingerprint density at radius 3 is 2.40 bits per heavy atom. The molecule has 0 unspecified atom stereocenters. The molecule has 1 aromatic heterocycles. The highest BCUT2D eigenvalue weighted by Crippen LogP contribution is 2.18. The Bertz CT molecular complexity index is 1270. The molecule has 5 nitrogen and oxygen atoms in total. The summed E-state index contributed by atoms with van der Waals surface area (Å²) in [5.41, 5.74) is 3.29. The van der Waals surface area contributed by atoms with Crippen molar-refractivity contribution in [1.82, 2.24) is 4.57 Å². The summed E-state index contributed by atoms with van der Waals surface area (Å²) >= 11 is 0. The van der Waals surface area contributed by atoms with E-state index >= 15 is 0 Å². The third kappa shape index (κ3) is 3.82. The van der Waals surface area contributed by atoms with Crippen LogP contribution in [0.3, 0.4) is 0 Å². The Hall–Kier alpha value is -3.86. The number of para-hydroxylation sites is 2. The fraction of sp³-hybridized carbons (Fsp3) is 0.120. The van der Waals surface area contributed by atoms with Gasteiger partial charge in [-0.1, -0.05) is 42.5 Å². The average molecular weight is 398 g/mol. The van der Waals surface area contributed by atoms with E-state index in [0.717, 1.165) is 22.4 Å². The molecule has 5 heteroatoms. The number of carbonyl (C=O) groups excluding carboxylic acids is 1. The average Bonchev–Trinajstić information content (AvgIpc) is 2.77. The Morgan fingerprint density at radius 2 is 1.67 bits per heavy atom. The zero-order chi connectivity index (χ0) is 21.1. The third-order valence-electron chi connectivity index (χ3n) is 5.14. The number of hydrogen-bond donors (Lipinski definition) is 1. The van der Waals surface area contributed by atoms with Gasteiger partial charge in [-0.15, -0.1) is 0 Å². The van der Waals surface area contributed by atoms with Crippen LogP contribution >= 0.6 is 0 Å². The second kappa shape index (κ2) is 8.25. The van der Waals surface area contributed by atoms with Gasteiger partial charge in [0.2, 0.25) is 5.43 Å². The van der Waals surface area contributed by atoms with Gasteiger partial charge in [0.05, 0.1) is 12.6 Å². The number of benzene rings is 3. The van der Waals surface area contributed by atoms with Gasteiger partial charge < -0.3 is 14.6 Å². The lowest BCUT2D eigenvalue weighted by Crippen LogP contribution is -2.24. The first kappa shape index (κ1) is 19.5. The van der Waals surface area contributed by atoms with Crippen LogP contribution in [0.15, 0.2) is 83.8 Å². The minimum atomic E-state index is -0.413. The summed E-state index contributed by atoms with van der Waals surface area (Å²) in [4.78, 5) is 26.0. The molecule has 0 fully saturated rings. The topological polar surface area (TPSA) is 60.3 Å². The Morgan fingerprint density at radius 1 is 0.967 bits per heavy atom. The predicted octanol–water partition coefficient (Wildman–Crippen LogP) is 4.62. The maximum Gasteiger partial charge on any atom is 0.261 e. The van der Waals surface area contributed by atoms with Gasteiger partial charge in [-0.25, -0.2) is 0 Å². The van der Waals surface area contributed by atoms with Crippen LogP contribution < -0.4 is 15.5 Å². The molecular formula is C25H22N2O3. The normalized spacial score (nSPS) is 10.7. The van der Waals surface area contributed by atoms with Crippen molar-refractivity contribution in [2.45, 2.75) is 13.5 Å². The Kier molecular flexibility index (Phi) is 5.35. The van der Waals surface area contributed by atoms with Crippen molar-refractivity contribution in [3.05, 3.63) is 106 Å². The van der Waals surface area contributed by atoms with Crippen LogP contribution in [0.2, 0.25) is 0 Å². The Balaban J connectivity index is 1.76. The standard InChI is InChI=1S/C25H22N2O3/c1-17-7-3-5-9-22(17)26-25(29)21-16-27(15-18-11-13-19(30-2)14-12-18)23-10-6-4-8-20(23)24(21)28/h3-14,16H,15H2,1-2H3,(H,26,29). The van der Waals surface area contributed by atoms with Crippen molar-refractivity contribution >= 4 is 22.5 Å². The predicted molar refractivity (Wildman–Crippen MR) is 119 cm³/mol. The number of pyridine rings is 1. The SMILES string of the molecule is COc1ccc(Cn2cc(C(=O)Nc3ccccc3C)c(=O)c3ccccc32)cc1. The highest BCUT2D eigenvalue weighted by atomic mass is 16.5. The van der Waals surface area contributed by atoms with Crippen LogP contribution in [-0.2, 0) is 6.54 Å². The van der Waals surface area contributed by atoms with E-state index in [1.807, 2.05) is 78.2 Å². The molecule has 30 heavy (non-hydrogen) atoms. The molecule has 0 spiro atoms. The number of nitrogens with one attached hydrogen (secondary N) is 1. The van der Waals surface area contributed by atoms with E-state index in [4.69, 9.17) is 4.74 Å². The molecular weight excluding hydrogens is 376 g/mol.